The van der Waals surface area contributed by atoms with Crippen LogP contribution in [0.2, 0.25) is 24.2 Å². The van der Waals surface area contributed by atoms with Crippen molar-refractivity contribution in [1.82, 2.24) is 0 Å². The third kappa shape index (κ3) is 9.31. The molecule has 0 atom stereocenters. The van der Waals surface area contributed by atoms with Crippen molar-refractivity contribution in [2.45, 2.75) is 57.3 Å². The highest BCUT2D eigenvalue weighted by atomic mass is 35.7. The van der Waals surface area contributed by atoms with Gasteiger partial charge in [0.1, 0.15) is 0 Å². The smallest absolute Gasteiger partial charge is 0.146 e. The molecule has 92 valence electrons. The van der Waals surface area contributed by atoms with Crippen LogP contribution in [0.5, 0.6) is 0 Å². The lowest BCUT2D eigenvalue weighted by Crippen LogP contribution is -2.21. The van der Waals surface area contributed by atoms with E-state index in [0.717, 1.165) is 24.2 Å². The second-order valence-electron chi connectivity index (χ2n) is 3.98. The number of halogens is 4. The molecule has 0 spiro atoms. The zero-order valence-corrected chi connectivity index (χ0v) is 14.5. The molecule has 1 aliphatic heterocycles. The van der Waals surface area contributed by atoms with Crippen LogP contribution >= 0.6 is 44.3 Å². The highest BCUT2D eigenvalue weighted by Crippen LogP contribution is 2.34. The van der Waals surface area contributed by atoms with Crippen molar-refractivity contribution in [2.24, 2.45) is 0 Å². The predicted octanol–water partition coefficient (Wildman–Crippen LogP) is 6.04. The highest BCUT2D eigenvalue weighted by molar-refractivity contribution is 7.45. The molecule has 0 amide bonds. The first kappa shape index (κ1) is 16.6. The van der Waals surface area contributed by atoms with Crippen LogP contribution in [-0.4, -0.2) is 13.4 Å². The zero-order chi connectivity index (χ0) is 11.9. The van der Waals surface area contributed by atoms with E-state index < -0.39 is 13.4 Å². The van der Waals surface area contributed by atoms with Crippen LogP contribution in [0.3, 0.4) is 0 Å². The van der Waals surface area contributed by atoms with Crippen LogP contribution in [0.15, 0.2) is 0 Å². The first-order valence-electron chi connectivity index (χ1n) is 5.58. The fraction of sp³-hybridized carbons (Fsp3) is 1.00. The first-order chi connectivity index (χ1) is 6.83. The number of hydrogen-bond acceptors (Lipinski definition) is 0. The van der Waals surface area contributed by atoms with Crippen molar-refractivity contribution in [3.63, 3.8) is 0 Å². The lowest BCUT2D eigenvalue weighted by atomic mass is 10.3. The summed E-state index contributed by atoms with van der Waals surface area (Å²) in [5, 5.41) is 0. The summed E-state index contributed by atoms with van der Waals surface area (Å²) in [6.45, 7) is 0.722. The second kappa shape index (κ2) is 7.83. The molecule has 0 unspecified atom stereocenters. The minimum Gasteiger partial charge on any atom is -0.146 e. The van der Waals surface area contributed by atoms with E-state index in [4.69, 9.17) is 44.3 Å². The minimum atomic E-state index is -1.71. The molecule has 1 rings (SSSR count). The molecule has 0 radical (unpaired) electrons. The van der Waals surface area contributed by atoms with Crippen LogP contribution in [-0.2, 0) is 0 Å². The van der Waals surface area contributed by atoms with Gasteiger partial charge in [0.25, 0.3) is 13.4 Å². The Morgan fingerprint density at radius 3 is 1.47 bits per heavy atom. The van der Waals surface area contributed by atoms with Crippen molar-refractivity contribution in [3.8, 4) is 0 Å². The monoisotopic (exact) mass is 324 g/mol. The standard InChI is InChI=1S/C5H10Cl2Si.C4H10Cl2Si/c6-8(7)4-2-1-3-5-8;1-3-7(5,6)4-2/h1-5H2;3-4H2,1-2H3. The molecule has 0 aliphatic carbocycles. The molecule has 1 saturated heterocycles. The van der Waals surface area contributed by atoms with Crippen LogP contribution in [0.4, 0.5) is 0 Å². The quantitative estimate of drug-likeness (QED) is 0.429. The molecule has 0 saturated carbocycles. The molecule has 0 aromatic rings. The van der Waals surface area contributed by atoms with Gasteiger partial charge in [-0.2, -0.15) is 0 Å². The summed E-state index contributed by atoms with van der Waals surface area (Å²) in [5.41, 5.74) is 0. The van der Waals surface area contributed by atoms with Crippen LogP contribution < -0.4 is 0 Å². The van der Waals surface area contributed by atoms with E-state index in [9.17, 15) is 0 Å². The Hall–Kier alpha value is 1.59. The van der Waals surface area contributed by atoms with Gasteiger partial charge in [-0.05, 0) is 24.2 Å². The van der Waals surface area contributed by atoms with Gasteiger partial charge in [-0.3, -0.25) is 0 Å². The molecule has 0 bridgehead atoms. The maximum Gasteiger partial charge on any atom is 0.251 e. The Balaban J connectivity index is 0.000000265. The first-order valence-corrected chi connectivity index (χ1v) is 14.5. The maximum atomic E-state index is 5.98. The van der Waals surface area contributed by atoms with Crippen LogP contribution in [0, 0.1) is 0 Å². The van der Waals surface area contributed by atoms with E-state index in [1.807, 2.05) is 13.8 Å². The SMILES string of the molecule is CC[Si](Cl)(Cl)CC.Cl[Si]1(Cl)CCCCC1. The van der Waals surface area contributed by atoms with Gasteiger partial charge < -0.3 is 0 Å². The Labute approximate surface area is 114 Å². The van der Waals surface area contributed by atoms with Crippen LogP contribution in [0.25, 0.3) is 0 Å². The van der Waals surface area contributed by atoms with Gasteiger partial charge in [-0.25, -0.2) is 0 Å². The van der Waals surface area contributed by atoms with Crippen molar-refractivity contribution < 1.29 is 0 Å². The van der Waals surface area contributed by atoms with Crippen molar-refractivity contribution in [1.29, 1.82) is 0 Å². The molecule has 0 aromatic heterocycles. The molecular weight excluding hydrogens is 306 g/mol. The largest absolute Gasteiger partial charge is 0.251 e. The lowest BCUT2D eigenvalue weighted by molar-refractivity contribution is 0.727. The topological polar surface area (TPSA) is 0 Å². The van der Waals surface area contributed by atoms with Crippen molar-refractivity contribution in [3.05, 3.63) is 0 Å². The fourth-order valence-corrected chi connectivity index (χ4v) is 5.21. The summed E-state index contributed by atoms with van der Waals surface area (Å²) in [7, 11) is 0. The van der Waals surface area contributed by atoms with Crippen LogP contribution in [0.1, 0.15) is 33.1 Å². The van der Waals surface area contributed by atoms with E-state index in [1.165, 1.54) is 19.3 Å². The Bertz CT molecular complexity index is 159. The summed E-state index contributed by atoms with van der Waals surface area (Å²) in [6.07, 6.45) is 3.87. The Kier molecular flexibility index (Phi) is 8.66. The van der Waals surface area contributed by atoms with Gasteiger partial charge in [-0.1, -0.05) is 33.1 Å². The highest BCUT2D eigenvalue weighted by Gasteiger charge is 2.29. The molecule has 0 aromatic carbocycles. The summed E-state index contributed by atoms with van der Waals surface area (Å²) < 4.78 is 0. The van der Waals surface area contributed by atoms with Gasteiger partial charge in [-0.15, -0.1) is 44.3 Å². The summed E-state index contributed by atoms with van der Waals surface area (Å²) in [6, 6.07) is 4.17. The van der Waals surface area contributed by atoms with E-state index >= 15 is 0 Å². The lowest BCUT2D eigenvalue weighted by Gasteiger charge is -2.20. The number of hydrogen-bond donors (Lipinski definition) is 0. The molecule has 15 heavy (non-hydrogen) atoms. The molecular formula is C9H20Cl4Si2. The fourth-order valence-electron chi connectivity index (χ4n) is 1.32. The summed E-state index contributed by atoms with van der Waals surface area (Å²) >= 11 is 23.6. The molecule has 0 nitrogen and oxygen atoms in total. The molecule has 1 fully saturated rings. The third-order valence-electron chi connectivity index (χ3n) is 2.62. The van der Waals surface area contributed by atoms with Gasteiger partial charge >= 0.3 is 0 Å². The molecule has 0 N–H and O–H groups in total. The normalized spacial score (nSPS) is 20.4. The third-order valence-corrected chi connectivity index (χ3v) is 12.3. The van der Waals surface area contributed by atoms with E-state index in [1.54, 1.807) is 0 Å². The minimum absolute atomic E-state index is 0.965. The molecule has 6 heteroatoms. The Morgan fingerprint density at radius 2 is 1.33 bits per heavy atom. The predicted molar refractivity (Wildman–Crippen MR) is 79.3 cm³/mol. The van der Waals surface area contributed by atoms with Crippen molar-refractivity contribution >= 4 is 57.7 Å². The average Bonchev–Trinajstić information content (AvgIpc) is 2.18. The summed E-state index contributed by atoms with van der Waals surface area (Å²) in [5.74, 6) is 0. The Morgan fingerprint density at radius 1 is 0.933 bits per heavy atom. The van der Waals surface area contributed by atoms with E-state index in [2.05, 4.69) is 0 Å². The summed E-state index contributed by atoms with van der Waals surface area (Å²) in [4.78, 5) is 0. The van der Waals surface area contributed by atoms with Crippen molar-refractivity contribution in [2.75, 3.05) is 0 Å². The second-order valence-corrected chi connectivity index (χ2v) is 19.7. The van der Waals surface area contributed by atoms with Gasteiger partial charge in [0.15, 0.2) is 0 Å². The average molecular weight is 326 g/mol. The van der Waals surface area contributed by atoms with Gasteiger partial charge in [0.05, 0.1) is 0 Å². The maximum absolute atomic E-state index is 5.98. The van der Waals surface area contributed by atoms with Gasteiger partial charge in [0.2, 0.25) is 0 Å². The van der Waals surface area contributed by atoms with E-state index in [0.29, 0.717) is 0 Å². The zero-order valence-electron chi connectivity index (χ0n) is 9.46. The van der Waals surface area contributed by atoms with E-state index in [-0.39, 0.29) is 0 Å². The van der Waals surface area contributed by atoms with Gasteiger partial charge in [0, 0.05) is 0 Å². The molecule has 1 heterocycles. The molecule has 1 aliphatic rings. The number of rotatable bonds is 2.